The van der Waals surface area contributed by atoms with Crippen molar-refractivity contribution in [2.75, 3.05) is 6.54 Å². The van der Waals surface area contributed by atoms with Crippen LogP contribution in [0, 0.1) is 6.92 Å². The van der Waals surface area contributed by atoms with Crippen LogP contribution in [0.15, 0.2) is 35.2 Å². The van der Waals surface area contributed by atoms with Gasteiger partial charge in [0.1, 0.15) is 0 Å². The van der Waals surface area contributed by atoms with Gasteiger partial charge in [-0.2, -0.15) is 11.3 Å². The Bertz CT molecular complexity index is 437. The predicted octanol–water partition coefficient (Wildman–Crippen LogP) is 3.15. The molecule has 16 heavy (non-hydrogen) atoms. The predicted molar refractivity (Wildman–Crippen MR) is 68.8 cm³/mol. The van der Waals surface area contributed by atoms with Crippen molar-refractivity contribution in [2.45, 2.75) is 19.9 Å². The molecule has 0 aliphatic rings. The van der Waals surface area contributed by atoms with Crippen LogP contribution in [0.5, 0.6) is 0 Å². The molecule has 2 aromatic rings. The summed E-state index contributed by atoms with van der Waals surface area (Å²) in [5.74, 6) is 0. The Labute approximate surface area is 100 Å². The van der Waals surface area contributed by atoms with E-state index >= 15 is 0 Å². The van der Waals surface area contributed by atoms with Gasteiger partial charge in [0.05, 0.1) is 6.04 Å². The fraction of sp³-hybridized carbons (Fsp3) is 0.308. The monoisotopic (exact) mass is 232 g/mol. The van der Waals surface area contributed by atoms with Gasteiger partial charge in [0, 0.05) is 11.9 Å². The molecule has 1 atom stereocenters. The van der Waals surface area contributed by atoms with Gasteiger partial charge in [0.15, 0.2) is 0 Å². The third kappa shape index (κ3) is 2.49. The molecular formula is C13H16N2S. The Morgan fingerprint density at radius 3 is 2.88 bits per heavy atom. The highest BCUT2D eigenvalue weighted by Crippen LogP contribution is 2.23. The number of rotatable bonds is 4. The SMILES string of the molecule is CCNC(c1ccsc1)c1ccnc(C)c1. The summed E-state index contributed by atoms with van der Waals surface area (Å²) in [5.41, 5.74) is 3.68. The molecule has 0 saturated carbocycles. The highest BCUT2D eigenvalue weighted by Gasteiger charge is 2.13. The number of hydrogen-bond donors (Lipinski definition) is 1. The van der Waals surface area contributed by atoms with Crippen molar-refractivity contribution in [1.29, 1.82) is 0 Å². The number of hydrogen-bond acceptors (Lipinski definition) is 3. The third-order valence-electron chi connectivity index (χ3n) is 2.54. The Morgan fingerprint density at radius 1 is 1.38 bits per heavy atom. The van der Waals surface area contributed by atoms with Crippen LogP contribution in [0.1, 0.15) is 29.8 Å². The van der Waals surface area contributed by atoms with Gasteiger partial charge < -0.3 is 5.32 Å². The topological polar surface area (TPSA) is 24.9 Å². The van der Waals surface area contributed by atoms with Crippen molar-refractivity contribution in [1.82, 2.24) is 10.3 Å². The lowest BCUT2D eigenvalue weighted by Gasteiger charge is -2.17. The van der Waals surface area contributed by atoms with Gasteiger partial charge in [0.25, 0.3) is 0 Å². The number of nitrogens with one attached hydrogen (secondary N) is 1. The molecule has 0 spiro atoms. The van der Waals surface area contributed by atoms with Gasteiger partial charge >= 0.3 is 0 Å². The van der Waals surface area contributed by atoms with E-state index < -0.39 is 0 Å². The summed E-state index contributed by atoms with van der Waals surface area (Å²) in [6.07, 6.45) is 1.88. The van der Waals surface area contributed by atoms with E-state index in [1.807, 2.05) is 13.1 Å². The molecule has 2 nitrogen and oxygen atoms in total. The van der Waals surface area contributed by atoms with Gasteiger partial charge in [-0.25, -0.2) is 0 Å². The van der Waals surface area contributed by atoms with Crippen LogP contribution >= 0.6 is 11.3 Å². The summed E-state index contributed by atoms with van der Waals surface area (Å²) in [6.45, 7) is 5.12. The van der Waals surface area contributed by atoms with E-state index in [-0.39, 0.29) is 6.04 Å². The van der Waals surface area contributed by atoms with E-state index in [0.717, 1.165) is 12.2 Å². The number of aryl methyl sites for hydroxylation is 1. The quantitative estimate of drug-likeness (QED) is 0.876. The summed E-state index contributed by atoms with van der Waals surface area (Å²) in [7, 11) is 0. The molecule has 0 radical (unpaired) electrons. The molecule has 0 aliphatic carbocycles. The molecule has 0 amide bonds. The lowest BCUT2D eigenvalue weighted by molar-refractivity contribution is 0.631. The highest BCUT2D eigenvalue weighted by molar-refractivity contribution is 7.08. The molecule has 0 aliphatic heterocycles. The first kappa shape index (κ1) is 11.3. The fourth-order valence-electron chi connectivity index (χ4n) is 1.82. The van der Waals surface area contributed by atoms with Crippen LogP contribution in [0.2, 0.25) is 0 Å². The van der Waals surface area contributed by atoms with Crippen LogP contribution in [0.25, 0.3) is 0 Å². The van der Waals surface area contributed by atoms with E-state index in [9.17, 15) is 0 Å². The minimum absolute atomic E-state index is 0.290. The van der Waals surface area contributed by atoms with Crippen LogP contribution < -0.4 is 5.32 Å². The summed E-state index contributed by atoms with van der Waals surface area (Å²) >= 11 is 1.74. The van der Waals surface area contributed by atoms with E-state index in [1.54, 1.807) is 11.3 Å². The molecule has 2 aromatic heterocycles. The minimum atomic E-state index is 0.290. The maximum atomic E-state index is 4.24. The smallest absolute Gasteiger partial charge is 0.0586 e. The maximum Gasteiger partial charge on any atom is 0.0586 e. The molecule has 0 aromatic carbocycles. The number of thiophene rings is 1. The molecular weight excluding hydrogens is 216 g/mol. The van der Waals surface area contributed by atoms with Crippen LogP contribution in [-0.2, 0) is 0 Å². The second-order valence-corrected chi connectivity index (χ2v) is 4.56. The second-order valence-electron chi connectivity index (χ2n) is 3.78. The molecule has 0 saturated heterocycles. The third-order valence-corrected chi connectivity index (χ3v) is 3.24. The second kappa shape index (κ2) is 5.23. The van der Waals surface area contributed by atoms with Crippen LogP contribution in [0.3, 0.4) is 0 Å². The van der Waals surface area contributed by atoms with Gasteiger partial charge in [0.2, 0.25) is 0 Å². The van der Waals surface area contributed by atoms with E-state index in [4.69, 9.17) is 0 Å². The van der Waals surface area contributed by atoms with Gasteiger partial charge in [-0.1, -0.05) is 6.92 Å². The first-order valence-corrected chi connectivity index (χ1v) is 6.43. The Morgan fingerprint density at radius 2 is 2.25 bits per heavy atom. The van der Waals surface area contributed by atoms with Crippen molar-refractivity contribution in [3.05, 3.63) is 52.0 Å². The summed E-state index contributed by atoms with van der Waals surface area (Å²) in [6, 6.07) is 6.69. The standard InChI is InChI=1S/C13H16N2S/c1-3-14-13(12-5-7-16-9-12)11-4-6-15-10(2)8-11/h4-9,13-14H,3H2,1-2H3. The van der Waals surface area contributed by atoms with Crippen molar-refractivity contribution >= 4 is 11.3 Å². The Balaban J connectivity index is 2.33. The molecule has 0 fully saturated rings. The zero-order valence-electron chi connectivity index (χ0n) is 9.60. The summed E-state index contributed by atoms with van der Waals surface area (Å²) < 4.78 is 0. The van der Waals surface area contributed by atoms with E-state index in [0.29, 0.717) is 0 Å². The molecule has 0 bridgehead atoms. The maximum absolute atomic E-state index is 4.24. The molecule has 84 valence electrons. The molecule has 3 heteroatoms. The molecule has 2 heterocycles. The normalized spacial score (nSPS) is 12.6. The van der Waals surface area contributed by atoms with Crippen LogP contribution in [0.4, 0.5) is 0 Å². The number of pyridine rings is 1. The zero-order valence-corrected chi connectivity index (χ0v) is 10.4. The zero-order chi connectivity index (χ0) is 11.4. The average molecular weight is 232 g/mol. The van der Waals surface area contributed by atoms with Crippen molar-refractivity contribution in [2.24, 2.45) is 0 Å². The average Bonchev–Trinajstić information content (AvgIpc) is 2.79. The molecule has 1 unspecified atom stereocenters. The van der Waals surface area contributed by atoms with Crippen molar-refractivity contribution < 1.29 is 0 Å². The van der Waals surface area contributed by atoms with Gasteiger partial charge in [-0.3, -0.25) is 4.98 Å². The van der Waals surface area contributed by atoms with Crippen LogP contribution in [-0.4, -0.2) is 11.5 Å². The van der Waals surface area contributed by atoms with E-state index in [1.165, 1.54) is 11.1 Å². The minimum Gasteiger partial charge on any atom is -0.307 e. The Kier molecular flexibility index (Phi) is 3.70. The molecule has 1 N–H and O–H groups in total. The lowest BCUT2D eigenvalue weighted by Crippen LogP contribution is -2.21. The van der Waals surface area contributed by atoms with Gasteiger partial charge in [-0.05, 0) is 53.6 Å². The number of aromatic nitrogens is 1. The van der Waals surface area contributed by atoms with E-state index in [2.05, 4.69) is 46.2 Å². The highest BCUT2D eigenvalue weighted by atomic mass is 32.1. The number of nitrogens with zero attached hydrogens (tertiary/aromatic N) is 1. The van der Waals surface area contributed by atoms with Crippen molar-refractivity contribution in [3.8, 4) is 0 Å². The summed E-state index contributed by atoms with van der Waals surface area (Å²) in [5, 5.41) is 7.82. The Hall–Kier alpha value is -1.19. The first-order chi connectivity index (χ1) is 7.81. The molecule has 2 rings (SSSR count). The van der Waals surface area contributed by atoms with Gasteiger partial charge in [-0.15, -0.1) is 0 Å². The van der Waals surface area contributed by atoms with Crippen molar-refractivity contribution in [3.63, 3.8) is 0 Å². The fourth-order valence-corrected chi connectivity index (χ4v) is 2.50. The largest absolute Gasteiger partial charge is 0.307 e. The summed E-state index contributed by atoms with van der Waals surface area (Å²) in [4.78, 5) is 4.24. The lowest BCUT2D eigenvalue weighted by atomic mass is 10.0. The first-order valence-electron chi connectivity index (χ1n) is 5.49.